The lowest BCUT2D eigenvalue weighted by Gasteiger charge is -2.44. The number of oxime groups is 1. The zero-order chi connectivity index (χ0) is 36.4. The number of carboxylic acid groups (broad SMARTS) is 1. The summed E-state index contributed by atoms with van der Waals surface area (Å²) < 4.78 is 34.0. The van der Waals surface area contributed by atoms with Crippen LogP contribution in [0.25, 0.3) is 0 Å². The third-order valence-corrected chi connectivity index (χ3v) is 8.83. The molecule has 0 saturated carbocycles. The highest BCUT2D eigenvalue weighted by Gasteiger charge is 2.54. The Bertz CT molecular complexity index is 2040. The second-order valence-electron chi connectivity index (χ2n) is 11.1. The van der Waals surface area contributed by atoms with E-state index in [2.05, 4.69) is 15.5 Å². The minimum absolute atomic E-state index is 0.0268. The van der Waals surface area contributed by atoms with Crippen LogP contribution in [0.5, 0.6) is 5.75 Å². The molecule has 3 heterocycles. The zero-order valence-electron chi connectivity index (χ0n) is 25.5. The molecule has 4 rings (SSSR count). The predicted octanol–water partition coefficient (Wildman–Crippen LogP) is -0.142. The summed E-state index contributed by atoms with van der Waals surface area (Å²) in [6.07, 6.45) is -0.332. The van der Waals surface area contributed by atoms with Crippen LogP contribution < -0.4 is 16.5 Å². The van der Waals surface area contributed by atoms with Crippen LogP contribution >= 0.6 is 11.3 Å². The minimum atomic E-state index is -5.11. The molecular formula is C28H28N6O13S2. The molecule has 0 spiro atoms. The van der Waals surface area contributed by atoms with Gasteiger partial charge in [-0.1, -0.05) is 17.3 Å². The number of nitrogen functional groups attached to an aromatic ring is 1. The van der Waals surface area contributed by atoms with Crippen molar-refractivity contribution in [2.45, 2.75) is 38.3 Å². The monoisotopic (exact) mass is 720 g/mol. The van der Waals surface area contributed by atoms with Gasteiger partial charge in [0.25, 0.3) is 5.91 Å². The number of pyridine rings is 1. The quantitative estimate of drug-likeness (QED) is 0.0315. The van der Waals surface area contributed by atoms with Gasteiger partial charge in [-0.15, -0.1) is 11.3 Å². The Morgan fingerprint density at radius 3 is 2.39 bits per heavy atom. The first-order valence-corrected chi connectivity index (χ1v) is 16.2. The zero-order valence-corrected chi connectivity index (χ0v) is 27.1. The van der Waals surface area contributed by atoms with E-state index in [1.54, 1.807) is 0 Å². The highest BCUT2D eigenvalue weighted by Crippen LogP contribution is 2.32. The van der Waals surface area contributed by atoms with Gasteiger partial charge < -0.3 is 31.3 Å². The van der Waals surface area contributed by atoms with Crippen molar-refractivity contribution in [3.8, 4) is 5.75 Å². The Kier molecular flexibility index (Phi) is 10.2. The molecule has 0 aliphatic carbocycles. The lowest BCUT2D eigenvalue weighted by Crippen LogP contribution is -2.66. The van der Waals surface area contributed by atoms with Crippen molar-refractivity contribution in [1.82, 2.24) is 19.3 Å². The van der Waals surface area contributed by atoms with E-state index in [0.717, 1.165) is 31.3 Å². The average Bonchev–Trinajstić information content (AvgIpc) is 3.44. The van der Waals surface area contributed by atoms with Gasteiger partial charge in [0.15, 0.2) is 28.2 Å². The Morgan fingerprint density at radius 2 is 1.82 bits per heavy atom. The number of ketones is 2. The Hall–Kier alpha value is -5.67. The molecule has 21 heteroatoms. The molecule has 260 valence electrons. The van der Waals surface area contributed by atoms with E-state index in [-0.39, 0.29) is 32.8 Å². The van der Waals surface area contributed by atoms with Crippen LogP contribution in [-0.2, 0) is 35.9 Å². The average molecular weight is 721 g/mol. The first-order valence-electron chi connectivity index (χ1n) is 13.9. The number of hydrogen-bond donors (Lipinski definition) is 6. The highest BCUT2D eigenvalue weighted by molar-refractivity contribution is 7.84. The number of aliphatic carboxylic acids is 1. The largest absolute Gasteiger partial charge is 0.503 e. The summed E-state index contributed by atoms with van der Waals surface area (Å²) in [5.41, 5.74) is 2.31. The molecule has 7 N–H and O–H groups in total. The molecule has 0 unspecified atom stereocenters. The maximum absolute atomic E-state index is 13.3. The van der Waals surface area contributed by atoms with Crippen molar-refractivity contribution in [2.75, 3.05) is 12.3 Å². The maximum Gasteiger partial charge on any atom is 0.362 e. The Balaban J connectivity index is 1.47. The van der Waals surface area contributed by atoms with Gasteiger partial charge in [-0.2, -0.15) is 13.1 Å². The molecule has 3 aromatic rings. The number of nitrogens with zero attached hydrogens (tertiary/aromatic N) is 4. The fourth-order valence-corrected chi connectivity index (χ4v) is 5.98. The van der Waals surface area contributed by atoms with Crippen LogP contribution in [0.4, 0.5) is 5.13 Å². The van der Waals surface area contributed by atoms with Crippen molar-refractivity contribution >= 4 is 61.8 Å². The topological polar surface area (TPSA) is 298 Å². The van der Waals surface area contributed by atoms with Gasteiger partial charge in [0.05, 0.1) is 18.2 Å². The summed E-state index contributed by atoms with van der Waals surface area (Å²) in [6, 6.07) is 4.76. The number of anilines is 1. The van der Waals surface area contributed by atoms with Gasteiger partial charge in [0.2, 0.25) is 16.9 Å². The molecule has 2 aromatic heterocycles. The van der Waals surface area contributed by atoms with E-state index >= 15 is 0 Å². The summed E-state index contributed by atoms with van der Waals surface area (Å²) in [6.45, 7) is 1.78. The SMILES string of the molecule is CC(C)(O/N=C(\C(=O)C[C@@H]1C(=O)N(S(=O)(=O)O)[C@@H]1CNC(=O)c1ccc(CC(=O)c2cc(=O)c(O)cn2O)cc1)c1csc(N)n1)C(=O)O. The number of nitrogens with two attached hydrogens (primary N) is 1. The first-order chi connectivity index (χ1) is 22.8. The molecule has 1 saturated heterocycles. The molecule has 1 aliphatic rings. The first kappa shape index (κ1) is 36.2. The number of carbonyl (C=O) groups is 5. The second-order valence-corrected chi connectivity index (χ2v) is 13.3. The number of aromatic nitrogens is 2. The molecule has 2 atom stereocenters. The number of rotatable bonds is 14. The van der Waals surface area contributed by atoms with Crippen LogP contribution in [0.15, 0.2) is 51.9 Å². The number of carbonyl (C=O) groups excluding carboxylic acids is 4. The van der Waals surface area contributed by atoms with Gasteiger partial charge in [-0.25, -0.2) is 14.1 Å². The molecule has 2 amide bonds. The van der Waals surface area contributed by atoms with E-state index in [4.69, 9.17) is 10.6 Å². The number of hydrogen-bond acceptors (Lipinski definition) is 15. The van der Waals surface area contributed by atoms with Gasteiger partial charge in [-0.05, 0) is 31.5 Å². The van der Waals surface area contributed by atoms with E-state index in [0.29, 0.717) is 16.5 Å². The van der Waals surface area contributed by atoms with Crippen LogP contribution in [0.1, 0.15) is 52.4 Å². The number of β-lactam (4-membered cyclic amide) rings is 1. The maximum atomic E-state index is 13.3. The molecular weight excluding hydrogens is 692 g/mol. The van der Waals surface area contributed by atoms with Crippen molar-refractivity contribution < 1.29 is 57.2 Å². The fraction of sp³-hybridized carbons (Fsp3) is 0.286. The van der Waals surface area contributed by atoms with E-state index in [1.807, 2.05) is 0 Å². The summed E-state index contributed by atoms with van der Waals surface area (Å²) in [4.78, 5) is 83.7. The molecule has 1 aliphatic heterocycles. The van der Waals surface area contributed by atoms with Crippen molar-refractivity contribution in [3.63, 3.8) is 0 Å². The number of thiazole rings is 1. The normalized spacial score (nSPS) is 16.5. The Morgan fingerprint density at radius 1 is 1.16 bits per heavy atom. The van der Waals surface area contributed by atoms with Crippen molar-refractivity contribution in [1.29, 1.82) is 0 Å². The number of Topliss-reactive ketones (excluding diaryl/α,β-unsaturated/α-hetero) is 2. The standard InChI is InChI=1S/C28H28N6O13S2/c1-28(2,26(41)42)47-32-23(16-12-48-27(29)31-16)21(37)8-15-18(34(25(15)40)49(44,45)46)10-30-24(39)14-5-3-13(4-6-14)7-19(35)17-9-20(36)22(38)11-33(17)43/h3-6,9,11-12,15,18,38,43H,7-8,10H2,1-2H3,(H2,29,31)(H,30,39)(H,41,42)(H,44,45,46)/b32-23-/t15-,18+/m0/s1. The predicted molar refractivity (Wildman–Crippen MR) is 168 cm³/mol. The number of aromatic hydroxyl groups is 1. The summed E-state index contributed by atoms with van der Waals surface area (Å²) in [7, 11) is -5.11. The van der Waals surface area contributed by atoms with Gasteiger partial charge >= 0.3 is 16.3 Å². The number of carboxylic acids is 1. The Labute approximate surface area is 280 Å². The van der Waals surface area contributed by atoms with Crippen LogP contribution in [-0.4, -0.2) is 95.7 Å². The summed E-state index contributed by atoms with van der Waals surface area (Å²) >= 11 is 0.926. The van der Waals surface area contributed by atoms with Crippen molar-refractivity contribution in [3.05, 3.63) is 74.6 Å². The molecule has 0 bridgehead atoms. The fourth-order valence-electron chi connectivity index (χ4n) is 4.51. The lowest BCUT2D eigenvalue weighted by atomic mass is 9.84. The van der Waals surface area contributed by atoms with Crippen molar-refractivity contribution in [2.24, 2.45) is 11.1 Å². The van der Waals surface area contributed by atoms with E-state index in [1.165, 1.54) is 29.6 Å². The number of benzene rings is 1. The molecule has 1 aromatic carbocycles. The molecule has 0 radical (unpaired) electrons. The third-order valence-electron chi connectivity index (χ3n) is 7.21. The van der Waals surface area contributed by atoms with Gasteiger partial charge in [-0.3, -0.25) is 28.5 Å². The molecule has 49 heavy (non-hydrogen) atoms. The molecule has 19 nitrogen and oxygen atoms in total. The van der Waals surface area contributed by atoms with Crippen LogP contribution in [0.2, 0.25) is 0 Å². The van der Waals surface area contributed by atoms with Gasteiger partial charge in [0.1, 0.15) is 11.4 Å². The smallest absolute Gasteiger partial charge is 0.362 e. The summed E-state index contributed by atoms with van der Waals surface area (Å²) in [5, 5.41) is 35.9. The van der Waals surface area contributed by atoms with Gasteiger partial charge in [0, 0.05) is 36.4 Å². The number of amides is 2. The summed E-state index contributed by atoms with van der Waals surface area (Å²) in [5.74, 6) is -7.07. The van der Waals surface area contributed by atoms with Crippen LogP contribution in [0, 0.1) is 5.92 Å². The van der Waals surface area contributed by atoms with E-state index < -0.39 is 87.1 Å². The van der Waals surface area contributed by atoms with E-state index in [9.17, 15) is 57.2 Å². The highest BCUT2D eigenvalue weighted by atomic mass is 32.2. The van der Waals surface area contributed by atoms with Crippen LogP contribution in [0.3, 0.4) is 0 Å². The lowest BCUT2D eigenvalue weighted by molar-refractivity contribution is -0.161. The number of nitrogens with one attached hydrogen (secondary N) is 1. The third kappa shape index (κ3) is 8.08. The molecule has 1 fully saturated rings. The second kappa shape index (κ2) is 13.8. The minimum Gasteiger partial charge on any atom is -0.503 e.